The van der Waals surface area contributed by atoms with E-state index in [2.05, 4.69) is 22.2 Å². The number of aromatic nitrogens is 2. The van der Waals surface area contributed by atoms with E-state index in [-0.39, 0.29) is 29.8 Å². The van der Waals surface area contributed by atoms with Crippen LogP contribution in [0.4, 0.5) is 4.39 Å². The standard InChI is InChI=1S/C26H31FN4O2/c1-2-3-12-31-24-11-7-5-9-22(24)25(29-31)26(32)28-19-13-20-16-33-17-21(14-19)30(20)15-18-8-4-6-10-23(18)27/h4-11,19-21H,2-3,12-17H2,1H3,(H,28,32)/t19-,20-,21+. The molecule has 5 rings (SSSR count). The van der Waals surface area contributed by atoms with Gasteiger partial charge in [-0.1, -0.05) is 49.7 Å². The van der Waals surface area contributed by atoms with Crippen molar-refractivity contribution in [2.24, 2.45) is 0 Å². The van der Waals surface area contributed by atoms with Crippen molar-refractivity contribution in [1.29, 1.82) is 0 Å². The average Bonchev–Trinajstić information content (AvgIpc) is 3.18. The quantitative estimate of drug-likeness (QED) is 0.588. The second-order valence-electron chi connectivity index (χ2n) is 9.19. The molecule has 2 saturated heterocycles. The van der Waals surface area contributed by atoms with E-state index < -0.39 is 0 Å². The number of hydrogen-bond acceptors (Lipinski definition) is 4. The van der Waals surface area contributed by atoms with Gasteiger partial charge in [-0.05, 0) is 31.4 Å². The first kappa shape index (κ1) is 22.0. The zero-order valence-corrected chi connectivity index (χ0v) is 19.0. The van der Waals surface area contributed by atoms with Crippen LogP contribution in [0.3, 0.4) is 0 Å². The number of para-hydroxylation sites is 1. The summed E-state index contributed by atoms with van der Waals surface area (Å²) in [4.78, 5) is 15.6. The topological polar surface area (TPSA) is 59.4 Å². The van der Waals surface area contributed by atoms with Gasteiger partial charge in [-0.15, -0.1) is 0 Å². The van der Waals surface area contributed by atoms with Crippen molar-refractivity contribution in [3.63, 3.8) is 0 Å². The van der Waals surface area contributed by atoms with Gasteiger partial charge in [0.2, 0.25) is 0 Å². The maximum atomic E-state index is 14.2. The number of morpholine rings is 1. The fraction of sp³-hybridized carbons (Fsp3) is 0.462. The Morgan fingerprint density at radius 1 is 1.12 bits per heavy atom. The van der Waals surface area contributed by atoms with Crippen LogP contribution in [0.5, 0.6) is 0 Å². The van der Waals surface area contributed by atoms with E-state index in [9.17, 15) is 9.18 Å². The maximum Gasteiger partial charge on any atom is 0.272 e. The molecular weight excluding hydrogens is 419 g/mol. The summed E-state index contributed by atoms with van der Waals surface area (Å²) >= 11 is 0. The molecule has 3 heterocycles. The van der Waals surface area contributed by atoms with E-state index in [1.807, 2.05) is 41.1 Å². The molecule has 2 aliphatic heterocycles. The smallest absolute Gasteiger partial charge is 0.272 e. The van der Waals surface area contributed by atoms with E-state index in [1.165, 1.54) is 6.07 Å². The summed E-state index contributed by atoms with van der Waals surface area (Å²) < 4.78 is 22.0. The lowest BCUT2D eigenvalue weighted by Gasteiger charge is -2.48. The molecule has 7 heteroatoms. The Morgan fingerprint density at radius 2 is 1.85 bits per heavy atom. The number of amides is 1. The molecule has 0 radical (unpaired) electrons. The molecular formula is C26H31FN4O2. The number of carbonyl (C=O) groups excluding carboxylic acids is 1. The highest BCUT2D eigenvalue weighted by Gasteiger charge is 2.40. The van der Waals surface area contributed by atoms with E-state index >= 15 is 0 Å². The lowest BCUT2D eigenvalue weighted by molar-refractivity contribution is -0.0846. The van der Waals surface area contributed by atoms with Gasteiger partial charge >= 0.3 is 0 Å². The Labute approximate surface area is 193 Å². The van der Waals surface area contributed by atoms with Gasteiger partial charge in [-0.3, -0.25) is 14.4 Å². The summed E-state index contributed by atoms with van der Waals surface area (Å²) in [6.07, 6.45) is 3.67. The lowest BCUT2D eigenvalue weighted by Crippen LogP contribution is -2.60. The van der Waals surface area contributed by atoms with Crippen LogP contribution >= 0.6 is 0 Å². The number of halogens is 1. The number of ether oxygens (including phenoxy) is 1. The van der Waals surface area contributed by atoms with Gasteiger partial charge in [-0.2, -0.15) is 5.10 Å². The van der Waals surface area contributed by atoms with Crippen molar-refractivity contribution in [3.05, 3.63) is 65.6 Å². The van der Waals surface area contributed by atoms with Crippen LogP contribution in [0.25, 0.3) is 10.9 Å². The molecule has 3 atom stereocenters. The molecule has 2 bridgehead atoms. The zero-order valence-electron chi connectivity index (χ0n) is 19.0. The van der Waals surface area contributed by atoms with Gasteiger partial charge in [-0.25, -0.2) is 4.39 Å². The Hall–Kier alpha value is -2.77. The summed E-state index contributed by atoms with van der Waals surface area (Å²) in [5, 5.41) is 8.82. The van der Waals surface area contributed by atoms with Crippen LogP contribution in [0.1, 0.15) is 48.7 Å². The van der Waals surface area contributed by atoms with Crippen molar-refractivity contribution < 1.29 is 13.9 Å². The number of fused-ring (bicyclic) bond motifs is 3. The summed E-state index contributed by atoms with van der Waals surface area (Å²) in [5.74, 6) is -0.287. The fourth-order valence-electron chi connectivity index (χ4n) is 5.22. The highest BCUT2D eigenvalue weighted by atomic mass is 19.1. The molecule has 0 saturated carbocycles. The highest BCUT2D eigenvalue weighted by molar-refractivity contribution is 6.05. The Kier molecular flexibility index (Phi) is 6.42. The van der Waals surface area contributed by atoms with Crippen molar-refractivity contribution >= 4 is 16.8 Å². The number of rotatable bonds is 7. The number of piperidine rings is 1. The third-order valence-electron chi connectivity index (χ3n) is 6.91. The molecule has 0 spiro atoms. The first-order valence-corrected chi connectivity index (χ1v) is 12.0. The number of nitrogens with zero attached hydrogens (tertiary/aromatic N) is 3. The summed E-state index contributed by atoms with van der Waals surface area (Å²) in [7, 11) is 0. The minimum atomic E-state index is -0.169. The lowest BCUT2D eigenvalue weighted by atomic mass is 9.89. The second kappa shape index (κ2) is 9.61. The number of benzene rings is 2. The van der Waals surface area contributed by atoms with E-state index in [4.69, 9.17) is 4.74 Å². The van der Waals surface area contributed by atoms with Gasteiger partial charge in [0.05, 0.1) is 18.7 Å². The Bertz CT molecular complexity index is 1120. The van der Waals surface area contributed by atoms with Gasteiger partial charge in [0, 0.05) is 42.2 Å². The monoisotopic (exact) mass is 450 g/mol. The van der Waals surface area contributed by atoms with Crippen LogP contribution < -0.4 is 5.32 Å². The van der Waals surface area contributed by atoms with Crippen LogP contribution in [0.15, 0.2) is 48.5 Å². The molecule has 33 heavy (non-hydrogen) atoms. The minimum absolute atomic E-state index is 0.0489. The van der Waals surface area contributed by atoms with Gasteiger partial charge in [0.1, 0.15) is 5.82 Å². The fourth-order valence-corrected chi connectivity index (χ4v) is 5.22. The van der Waals surface area contributed by atoms with Gasteiger partial charge in [0.15, 0.2) is 5.69 Å². The normalized spacial score (nSPS) is 23.0. The zero-order chi connectivity index (χ0) is 22.8. The first-order valence-electron chi connectivity index (χ1n) is 12.0. The van der Waals surface area contributed by atoms with Gasteiger partial charge in [0.25, 0.3) is 5.91 Å². The Morgan fingerprint density at radius 3 is 2.61 bits per heavy atom. The van der Waals surface area contributed by atoms with Crippen molar-refractivity contribution in [2.45, 2.75) is 63.8 Å². The molecule has 1 N–H and O–H groups in total. The molecule has 0 aliphatic carbocycles. The Balaban J connectivity index is 1.30. The second-order valence-corrected chi connectivity index (χ2v) is 9.19. The summed E-state index contributed by atoms with van der Waals surface area (Å²) in [6, 6.07) is 15.2. The van der Waals surface area contributed by atoms with E-state index in [0.29, 0.717) is 31.0 Å². The third kappa shape index (κ3) is 4.52. The molecule has 174 valence electrons. The van der Waals surface area contributed by atoms with Crippen LogP contribution in [0.2, 0.25) is 0 Å². The summed E-state index contributed by atoms with van der Waals surface area (Å²) in [6.45, 7) is 4.73. The van der Waals surface area contributed by atoms with E-state index in [1.54, 1.807) is 6.07 Å². The maximum absolute atomic E-state index is 14.2. The van der Waals surface area contributed by atoms with E-state index in [0.717, 1.165) is 43.1 Å². The first-order chi connectivity index (χ1) is 16.1. The van der Waals surface area contributed by atoms with Crippen LogP contribution in [-0.4, -0.2) is 51.9 Å². The SMILES string of the molecule is CCCCn1nc(C(=O)N[C@H]2C[C@H]3COC[C@@H](C2)N3Cc2ccccc2F)c2ccccc21. The predicted molar refractivity (Wildman–Crippen MR) is 125 cm³/mol. The number of carbonyl (C=O) groups is 1. The molecule has 1 aromatic heterocycles. The van der Waals surface area contributed by atoms with Crippen LogP contribution in [0, 0.1) is 5.82 Å². The van der Waals surface area contributed by atoms with Crippen molar-refractivity contribution in [1.82, 2.24) is 20.0 Å². The molecule has 2 aliphatic rings. The number of hydrogen-bond donors (Lipinski definition) is 1. The van der Waals surface area contributed by atoms with Crippen molar-refractivity contribution in [3.8, 4) is 0 Å². The third-order valence-corrected chi connectivity index (χ3v) is 6.91. The molecule has 1 amide bonds. The predicted octanol–water partition coefficient (Wildman–Crippen LogP) is 4.14. The number of unbranched alkanes of at least 4 members (excludes halogenated alkanes) is 1. The number of aryl methyl sites for hydroxylation is 1. The molecule has 0 unspecified atom stereocenters. The van der Waals surface area contributed by atoms with Crippen molar-refractivity contribution in [2.75, 3.05) is 13.2 Å². The molecule has 2 fully saturated rings. The number of nitrogens with one attached hydrogen (secondary N) is 1. The van der Waals surface area contributed by atoms with Gasteiger partial charge < -0.3 is 10.1 Å². The molecule has 6 nitrogen and oxygen atoms in total. The van der Waals surface area contributed by atoms with Crippen LogP contribution in [-0.2, 0) is 17.8 Å². The minimum Gasteiger partial charge on any atom is -0.378 e. The largest absolute Gasteiger partial charge is 0.378 e. The average molecular weight is 451 g/mol. The molecule has 2 aromatic carbocycles. The highest BCUT2D eigenvalue weighted by Crippen LogP contribution is 2.30. The summed E-state index contributed by atoms with van der Waals surface area (Å²) in [5.41, 5.74) is 2.21. The molecule has 3 aromatic rings.